The number of carboxylic acid groups (broad SMARTS) is 1. The smallest absolute Gasteiger partial charge is 0.341 e. The lowest BCUT2D eigenvalue weighted by Gasteiger charge is -2.02. The van der Waals surface area contributed by atoms with E-state index in [1.807, 2.05) is 0 Å². The molecule has 21 heavy (non-hydrogen) atoms. The van der Waals surface area contributed by atoms with E-state index in [1.165, 1.54) is 0 Å². The van der Waals surface area contributed by atoms with Crippen molar-refractivity contribution in [1.29, 1.82) is 5.26 Å². The second kappa shape index (κ2) is 5.76. The van der Waals surface area contributed by atoms with Crippen molar-refractivity contribution in [3.63, 3.8) is 0 Å². The summed E-state index contributed by atoms with van der Waals surface area (Å²) in [6, 6.07) is 8.26. The first-order valence-corrected chi connectivity index (χ1v) is 6.42. The lowest BCUT2D eigenvalue weighted by atomic mass is 9.99. The molecule has 3 N–H and O–H groups in total. The van der Waals surface area contributed by atoms with Crippen molar-refractivity contribution < 1.29 is 19.2 Å². The van der Waals surface area contributed by atoms with E-state index in [0.717, 1.165) is 4.47 Å². The first kappa shape index (κ1) is 14.7. The van der Waals surface area contributed by atoms with Crippen LogP contribution in [0.15, 0.2) is 33.3 Å². The van der Waals surface area contributed by atoms with E-state index in [-0.39, 0.29) is 17.0 Å². The summed E-state index contributed by atoms with van der Waals surface area (Å²) in [6.07, 6.45) is 0. The maximum atomic E-state index is 11.4. The van der Waals surface area contributed by atoms with Gasteiger partial charge in [-0.1, -0.05) is 33.2 Å². The van der Waals surface area contributed by atoms with Gasteiger partial charge in [0.25, 0.3) is 0 Å². The van der Waals surface area contributed by atoms with Crippen molar-refractivity contribution >= 4 is 27.8 Å². The van der Waals surface area contributed by atoms with Gasteiger partial charge in [-0.15, -0.1) is 0 Å². The normalized spacial score (nSPS) is 11.6. The molecule has 8 heteroatoms. The minimum absolute atomic E-state index is 0.0338. The summed E-state index contributed by atoms with van der Waals surface area (Å²) >= 11 is 3.26. The molecule has 1 heterocycles. The Morgan fingerprint density at radius 2 is 2.00 bits per heavy atom. The lowest BCUT2D eigenvalue weighted by molar-refractivity contribution is -0.118. The Balaban J connectivity index is 2.62. The molecule has 2 rings (SSSR count). The molecule has 0 spiro atoms. The summed E-state index contributed by atoms with van der Waals surface area (Å²) in [7, 11) is 0. The predicted molar refractivity (Wildman–Crippen MR) is 74.1 cm³/mol. The second-order valence-corrected chi connectivity index (χ2v) is 4.96. The van der Waals surface area contributed by atoms with Crippen molar-refractivity contribution in [2.75, 3.05) is 0 Å². The van der Waals surface area contributed by atoms with Crippen molar-refractivity contribution in [2.24, 2.45) is 5.73 Å². The zero-order chi connectivity index (χ0) is 15.6. The third kappa shape index (κ3) is 2.78. The van der Waals surface area contributed by atoms with Gasteiger partial charge in [-0.25, -0.2) is 4.79 Å². The first-order valence-electron chi connectivity index (χ1n) is 5.63. The lowest BCUT2D eigenvalue weighted by Crippen LogP contribution is -2.21. The molecule has 1 aromatic heterocycles. The van der Waals surface area contributed by atoms with Crippen LogP contribution in [0, 0.1) is 11.3 Å². The zero-order valence-electron chi connectivity index (χ0n) is 10.4. The average Bonchev–Trinajstić information content (AvgIpc) is 2.84. The zero-order valence-corrected chi connectivity index (χ0v) is 12.0. The highest BCUT2D eigenvalue weighted by Crippen LogP contribution is 2.30. The minimum atomic E-state index is -1.51. The molecule has 0 aliphatic rings. The Hall–Kier alpha value is -2.66. The Kier molecular flexibility index (Phi) is 4.05. The highest BCUT2D eigenvalue weighted by molar-refractivity contribution is 9.10. The third-order valence-electron chi connectivity index (χ3n) is 2.73. The van der Waals surface area contributed by atoms with E-state index in [2.05, 4.69) is 21.1 Å². The number of amides is 1. The van der Waals surface area contributed by atoms with Crippen LogP contribution in [0.2, 0.25) is 0 Å². The number of nitrogens with two attached hydrogens (primary N) is 1. The number of aromatic carboxylic acids is 1. The number of nitriles is 1. The van der Waals surface area contributed by atoms with Crippen molar-refractivity contribution in [3.8, 4) is 17.3 Å². The molecule has 1 unspecified atom stereocenters. The van der Waals surface area contributed by atoms with Gasteiger partial charge in [-0.05, 0) is 12.1 Å². The molecule has 1 aromatic carbocycles. The molecule has 1 amide bonds. The van der Waals surface area contributed by atoms with Crippen molar-refractivity contribution in [3.05, 3.63) is 40.1 Å². The predicted octanol–water partition coefficient (Wildman–Crippen LogP) is 1.89. The first-order chi connectivity index (χ1) is 9.95. The number of nitrogens with zero attached hydrogens (tertiary/aromatic N) is 2. The molecular weight excluding hydrogens is 342 g/mol. The quantitative estimate of drug-likeness (QED) is 0.866. The molecule has 7 nitrogen and oxygen atoms in total. The van der Waals surface area contributed by atoms with Gasteiger partial charge in [0.15, 0.2) is 11.7 Å². The minimum Gasteiger partial charge on any atom is -0.477 e. The van der Waals surface area contributed by atoms with Gasteiger partial charge in [-0.2, -0.15) is 5.26 Å². The molecule has 2 aromatic rings. The van der Waals surface area contributed by atoms with Gasteiger partial charge in [-0.3, -0.25) is 4.79 Å². The fraction of sp³-hybridized carbons (Fsp3) is 0.0769. The summed E-state index contributed by atoms with van der Waals surface area (Å²) in [5, 5.41) is 21.9. The highest BCUT2D eigenvalue weighted by atomic mass is 79.9. The number of carbonyl (C=O) groups excluding carboxylic acids is 1. The Morgan fingerprint density at radius 1 is 1.38 bits per heavy atom. The van der Waals surface area contributed by atoms with E-state index < -0.39 is 17.8 Å². The van der Waals surface area contributed by atoms with Crippen LogP contribution in [0.25, 0.3) is 11.3 Å². The van der Waals surface area contributed by atoms with Crippen molar-refractivity contribution in [2.45, 2.75) is 5.92 Å². The number of hydrogen-bond donors (Lipinski definition) is 2. The number of benzene rings is 1. The third-order valence-corrected chi connectivity index (χ3v) is 3.25. The Bertz CT molecular complexity index is 746. The van der Waals surface area contributed by atoms with E-state index in [0.29, 0.717) is 5.56 Å². The monoisotopic (exact) mass is 349 g/mol. The summed E-state index contributed by atoms with van der Waals surface area (Å²) in [5.74, 6) is -4.23. The largest absolute Gasteiger partial charge is 0.477 e. The molecular formula is C13H8BrN3O4. The molecule has 0 radical (unpaired) electrons. The van der Waals surface area contributed by atoms with Crippen molar-refractivity contribution in [1.82, 2.24) is 5.16 Å². The van der Waals surface area contributed by atoms with E-state index in [1.54, 1.807) is 30.3 Å². The maximum Gasteiger partial charge on any atom is 0.341 e. The van der Waals surface area contributed by atoms with Crippen LogP contribution in [0.5, 0.6) is 0 Å². The van der Waals surface area contributed by atoms with Crippen LogP contribution in [0.1, 0.15) is 22.0 Å². The van der Waals surface area contributed by atoms with Gasteiger partial charge < -0.3 is 15.4 Å². The van der Waals surface area contributed by atoms with Crippen LogP contribution >= 0.6 is 15.9 Å². The Labute approximate surface area is 127 Å². The van der Waals surface area contributed by atoms with Gasteiger partial charge in [0.1, 0.15) is 11.3 Å². The summed E-state index contributed by atoms with van der Waals surface area (Å²) in [5.41, 5.74) is 5.24. The summed E-state index contributed by atoms with van der Waals surface area (Å²) in [4.78, 5) is 22.6. The second-order valence-electron chi connectivity index (χ2n) is 4.05. The molecule has 0 saturated carbocycles. The Morgan fingerprint density at radius 3 is 2.48 bits per heavy atom. The molecule has 0 fully saturated rings. The SMILES string of the molecule is N#CC(C(N)=O)c1onc(-c2ccc(Br)cc2)c1C(=O)O. The van der Waals surface area contributed by atoms with Gasteiger partial charge in [0.05, 0.1) is 6.07 Å². The molecule has 0 aliphatic heterocycles. The molecule has 106 valence electrons. The number of carbonyl (C=O) groups is 2. The maximum absolute atomic E-state index is 11.4. The van der Waals surface area contributed by atoms with Gasteiger partial charge in [0.2, 0.25) is 5.91 Å². The number of carboxylic acids is 1. The highest BCUT2D eigenvalue weighted by Gasteiger charge is 2.32. The average molecular weight is 350 g/mol. The van der Waals surface area contributed by atoms with Gasteiger partial charge in [0, 0.05) is 10.0 Å². The van der Waals surface area contributed by atoms with Crippen LogP contribution in [-0.2, 0) is 4.79 Å². The van der Waals surface area contributed by atoms with E-state index in [9.17, 15) is 14.7 Å². The number of primary amides is 1. The molecule has 0 aliphatic carbocycles. The number of hydrogen-bond acceptors (Lipinski definition) is 5. The number of halogens is 1. The van der Waals surface area contributed by atoms with E-state index >= 15 is 0 Å². The van der Waals surface area contributed by atoms with Crippen LogP contribution in [0.3, 0.4) is 0 Å². The summed E-state index contributed by atoms with van der Waals surface area (Å²) < 4.78 is 5.69. The van der Waals surface area contributed by atoms with Crippen LogP contribution in [-0.4, -0.2) is 22.1 Å². The standard InChI is InChI=1S/C13H8BrN3O4/c14-7-3-1-6(2-4-7)10-9(13(19)20)11(21-17-10)8(5-15)12(16)18/h1-4,8H,(H2,16,18)(H,19,20). The van der Waals surface area contributed by atoms with E-state index in [4.69, 9.17) is 15.5 Å². The topological polar surface area (TPSA) is 130 Å². The number of aromatic nitrogens is 1. The fourth-order valence-electron chi connectivity index (χ4n) is 1.76. The molecule has 1 atom stereocenters. The fourth-order valence-corrected chi connectivity index (χ4v) is 2.03. The molecule has 0 saturated heterocycles. The van der Waals surface area contributed by atoms with Crippen LogP contribution in [0.4, 0.5) is 0 Å². The summed E-state index contributed by atoms with van der Waals surface area (Å²) in [6.45, 7) is 0. The molecule has 0 bridgehead atoms. The van der Waals surface area contributed by atoms with Gasteiger partial charge >= 0.3 is 5.97 Å². The number of rotatable bonds is 4. The van der Waals surface area contributed by atoms with Crippen LogP contribution < -0.4 is 5.73 Å².